The van der Waals surface area contributed by atoms with Gasteiger partial charge in [0.2, 0.25) is 0 Å². The number of halogens is 2. The van der Waals surface area contributed by atoms with Gasteiger partial charge >= 0.3 is 5.25 Å². The minimum absolute atomic E-state index is 0.0222. The average Bonchev–Trinajstić information content (AvgIpc) is 2.27. The van der Waals surface area contributed by atoms with Crippen LogP contribution in [0.5, 0.6) is 0 Å². The van der Waals surface area contributed by atoms with E-state index < -0.39 is 10.7 Å². The molecule has 0 atom stereocenters. The van der Waals surface area contributed by atoms with Crippen LogP contribution in [0, 0.1) is 11.3 Å². The molecular formula is C10H18F2O3S. The Bertz CT molecular complexity index is 218. The summed E-state index contributed by atoms with van der Waals surface area (Å²) in [7, 11) is 0. The van der Waals surface area contributed by atoms with Crippen LogP contribution in [-0.4, -0.2) is 10.5 Å². The molecule has 0 heterocycles. The Balaban J connectivity index is 2.65. The summed E-state index contributed by atoms with van der Waals surface area (Å²) in [5, 5.41) is 8.09. The first-order valence-electron chi connectivity index (χ1n) is 5.45. The van der Waals surface area contributed by atoms with Crippen LogP contribution in [0.2, 0.25) is 0 Å². The van der Waals surface area contributed by atoms with Crippen LogP contribution < -0.4 is 0 Å². The zero-order valence-electron chi connectivity index (χ0n) is 9.54. The summed E-state index contributed by atoms with van der Waals surface area (Å²) in [5.74, 6) is -0.0222. The van der Waals surface area contributed by atoms with Crippen molar-refractivity contribution in [2.24, 2.45) is 11.3 Å². The van der Waals surface area contributed by atoms with Gasteiger partial charge in [0.05, 0.1) is 0 Å². The molecule has 1 aliphatic rings. The Kier molecular flexibility index (Phi) is 4.97. The predicted octanol–water partition coefficient (Wildman–Crippen LogP) is 4.26. The van der Waals surface area contributed by atoms with Crippen LogP contribution in [0.25, 0.3) is 0 Å². The van der Waals surface area contributed by atoms with Gasteiger partial charge in [-0.15, -0.1) is 4.33 Å². The van der Waals surface area contributed by atoms with Gasteiger partial charge in [-0.1, -0.05) is 38.1 Å². The monoisotopic (exact) mass is 256 g/mol. The van der Waals surface area contributed by atoms with Crippen molar-refractivity contribution in [1.82, 2.24) is 0 Å². The molecule has 0 unspecified atom stereocenters. The van der Waals surface area contributed by atoms with E-state index >= 15 is 0 Å². The third-order valence-electron chi connectivity index (χ3n) is 3.55. The van der Waals surface area contributed by atoms with E-state index in [1.54, 1.807) is 0 Å². The lowest BCUT2D eigenvalue weighted by Crippen LogP contribution is -2.41. The molecule has 0 bridgehead atoms. The fraction of sp³-hybridized carbons (Fsp3) is 1.00. The van der Waals surface area contributed by atoms with E-state index in [2.05, 4.69) is 9.37 Å². The highest BCUT2D eigenvalue weighted by Gasteiger charge is 2.53. The topological polar surface area (TPSA) is 38.7 Å². The maximum atomic E-state index is 13.8. The van der Waals surface area contributed by atoms with Crippen molar-refractivity contribution in [3.8, 4) is 0 Å². The number of rotatable bonds is 5. The highest BCUT2D eigenvalue weighted by molar-refractivity contribution is 7.95. The summed E-state index contributed by atoms with van der Waals surface area (Å²) in [5.41, 5.74) is -1.17. The lowest BCUT2D eigenvalue weighted by Gasteiger charge is -2.40. The molecule has 6 heteroatoms. The van der Waals surface area contributed by atoms with Crippen molar-refractivity contribution in [2.45, 2.75) is 51.2 Å². The summed E-state index contributed by atoms with van der Waals surface area (Å²) in [6.07, 6.45) is 4.78. The molecule has 1 saturated carbocycles. The fourth-order valence-corrected chi connectivity index (χ4v) is 2.72. The molecule has 1 rings (SSSR count). The van der Waals surface area contributed by atoms with Gasteiger partial charge in [0.15, 0.2) is 0 Å². The molecule has 1 aliphatic carbocycles. The van der Waals surface area contributed by atoms with E-state index in [-0.39, 0.29) is 18.0 Å². The third kappa shape index (κ3) is 3.06. The molecule has 3 nitrogen and oxygen atoms in total. The van der Waals surface area contributed by atoms with Crippen molar-refractivity contribution < 1.29 is 23.4 Å². The summed E-state index contributed by atoms with van der Waals surface area (Å²) in [6, 6.07) is 0. The molecule has 0 saturated heterocycles. The van der Waals surface area contributed by atoms with Gasteiger partial charge in [0.1, 0.15) is 12.0 Å². The maximum Gasteiger partial charge on any atom is 0.326 e. The summed E-state index contributed by atoms with van der Waals surface area (Å²) in [6.45, 7) is 3.08. The van der Waals surface area contributed by atoms with Gasteiger partial charge in [-0.25, -0.2) is 5.26 Å². The standard InChI is InChI=1S/C10H18F2O3S/c1-9(2,8-6-4-3-5-7-8)10(11,12)16-15-14-13/h8,13H,3-7H2,1-2H3. The van der Waals surface area contributed by atoms with Gasteiger partial charge < -0.3 is 0 Å². The second-order valence-electron chi connectivity index (χ2n) is 4.80. The first kappa shape index (κ1) is 14.2. The SMILES string of the molecule is CC(C)(C1CCCCC1)C(F)(F)SOOO. The van der Waals surface area contributed by atoms with E-state index in [0.29, 0.717) is 0 Å². The highest BCUT2D eigenvalue weighted by atomic mass is 32.2. The van der Waals surface area contributed by atoms with E-state index in [0.717, 1.165) is 32.1 Å². The third-order valence-corrected chi connectivity index (χ3v) is 4.41. The Morgan fingerprint density at radius 3 is 2.25 bits per heavy atom. The molecule has 0 aliphatic heterocycles. The summed E-state index contributed by atoms with van der Waals surface area (Å²) < 4.78 is 31.5. The fourth-order valence-electron chi connectivity index (χ4n) is 2.23. The van der Waals surface area contributed by atoms with Crippen LogP contribution in [0.4, 0.5) is 8.78 Å². The average molecular weight is 256 g/mol. The van der Waals surface area contributed by atoms with Crippen molar-refractivity contribution in [3.05, 3.63) is 0 Å². The molecule has 16 heavy (non-hydrogen) atoms. The predicted molar refractivity (Wildman–Crippen MR) is 57.7 cm³/mol. The van der Waals surface area contributed by atoms with E-state index in [9.17, 15) is 8.78 Å². The normalized spacial score (nSPS) is 20.1. The molecule has 0 aromatic carbocycles. The molecule has 1 fully saturated rings. The van der Waals surface area contributed by atoms with Crippen LogP contribution in [0.15, 0.2) is 0 Å². The first-order valence-corrected chi connectivity index (χ1v) is 6.19. The second-order valence-corrected chi connectivity index (χ2v) is 5.61. The Morgan fingerprint density at radius 2 is 1.75 bits per heavy atom. The minimum Gasteiger partial charge on any atom is -0.220 e. The van der Waals surface area contributed by atoms with Crippen molar-refractivity contribution in [1.29, 1.82) is 0 Å². The highest BCUT2D eigenvalue weighted by Crippen LogP contribution is 2.53. The Morgan fingerprint density at radius 1 is 1.19 bits per heavy atom. The number of hydrogen-bond donors (Lipinski definition) is 1. The van der Waals surface area contributed by atoms with E-state index in [4.69, 9.17) is 5.26 Å². The quantitative estimate of drug-likeness (QED) is 0.453. The molecule has 0 spiro atoms. The van der Waals surface area contributed by atoms with Crippen molar-refractivity contribution >= 4 is 12.0 Å². The molecule has 0 radical (unpaired) electrons. The van der Waals surface area contributed by atoms with Crippen LogP contribution in [-0.2, 0) is 9.37 Å². The number of hydrogen-bond acceptors (Lipinski definition) is 4. The van der Waals surface area contributed by atoms with Crippen LogP contribution in [0.3, 0.4) is 0 Å². The van der Waals surface area contributed by atoms with E-state index in [1.807, 2.05) is 0 Å². The Hall–Kier alpha value is 0.0900. The number of alkyl halides is 2. The summed E-state index contributed by atoms with van der Waals surface area (Å²) in [4.78, 5) is 0. The van der Waals surface area contributed by atoms with Gasteiger partial charge in [-0.3, -0.25) is 0 Å². The van der Waals surface area contributed by atoms with Gasteiger partial charge in [-0.2, -0.15) is 8.78 Å². The summed E-state index contributed by atoms with van der Waals surface area (Å²) >= 11 is -0.126. The smallest absolute Gasteiger partial charge is 0.220 e. The molecule has 96 valence electrons. The van der Waals surface area contributed by atoms with Gasteiger partial charge in [0.25, 0.3) is 0 Å². The molecule has 1 N–H and O–H groups in total. The van der Waals surface area contributed by atoms with Crippen LogP contribution >= 0.6 is 12.0 Å². The minimum atomic E-state index is -3.09. The van der Waals surface area contributed by atoms with Crippen LogP contribution in [0.1, 0.15) is 46.0 Å². The van der Waals surface area contributed by atoms with Crippen molar-refractivity contribution in [2.75, 3.05) is 0 Å². The van der Waals surface area contributed by atoms with Gasteiger partial charge in [0, 0.05) is 5.41 Å². The zero-order valence-corrected chi connectivity index (χ0v) is 10.4. The lowest BCUT2D eigenvalue weighted by atomic mass is 9.71. The van der Waals surface area contributed by atoms with E-state index in [1.165, 1.54) is 13.8 Å². The molecule has 0 amide bonds. The largest absolute Gasteiger partial charge is 0.326 e. The maximum absolute atomic E-state index is 13.8. The zero-order chi connectivity index (χ0) is 12.2. The Labute approximate surface area is 98.6 Å². The first-order chi connectivity index (χ1) is 7.42. The van der Waals surface area contributed by atoms with Crippen molar-refractivity contribution in [3.63, 3.8) is 0 Å². The molecule has 0 aromatic rings. The second kappa shape index (κ2) is 5.62. The molecular weight excluding hydrogens is 238 g/mol. The lowest BCUT2D eigenvalue weighted by molar-refractivity contribution is -0.434. The molecule has 0 aromatic heterocycles. The van der Waals surface area contributed by atoms with Gasteiger partial charge in [-0.05, 0) is 18.8 Å².